The van der Waals surface area contributed by atoms with Gasteiger partial charge in [0.1, 0.15) is 12.7 Å². The van der Waals surface area contributed by atoms with Gasteiger partial charge in [0.05, 0.1) is 5.69 Å². The Hall–Kier alpha value is -2.49. The van der Waals surface area contributed by atoms with E-state index >= 15 is 0 Å². The zero-order valence-corrected chi connectivity index (χ0v) is 23.7. The monoisotopic (exact) mass is 653 g/mol. The van der Waals surface area contributed by atoms with Crippen LogP contribution in [-0.2, 0) is 42.9 Å². The summed E-state index contributed by atoms with van der Waals surface area (Å²) in [5.41, 5.74) is 6.94. The van der Waals surface area contributed by atoms with Gasteiger partial charge >= 0.3 is 23.9 Å². The van der Waals surface area contributed by atoms with Gasteiger partial charge in [0.2, 0.25) is 0 Å². The number of halogens is 2. The highest BCUT2D eigenvalue weighted by molar-refractivity contribution is 9.11. The molecule has 0 radical (unpaired) electrons. The lowest BCUT2D eigenvalue weighted by molar-refractivity contribution is -0.254. The van der Waals surface area contributed by atoms with E-state index in [1.807, 2.05) is 0 Å². The molecule has 36 heavy (non-hydrogen) atoms. The van der Waals surface area contributed by atoms with Crippen LogP contribution >= 0.6 is 44.1 Å². The first-order chi connectivity index (χ1) is 16.8. The molecule has 4 N–H and O–H groups in total. The third-order valence-corrected chi connectivity index (χ3v) is 6.13. The zero-order chi connectivity index (χ0) is 27.2. The van der Waals surface area contributed by atoms with E-state index < -0.39 is 54.5 Å². The molecule has 0 aromatic heterocycles. The fraction of sp³-hybridized carbons (Fsp3) is 0.476. The molecule has 1 fully saturated rings. The minimum absolute atomic E-state index is 0.0412. The Labute approximate surface area is 229 Å². The molecule has 1 aliphatic rings. The van der Waals surface area contributed by atoms with Crippen molar-refractivity contribution >= 4 is 84.4 Å². The molecule has 1 aromatic carbocycles. The number of hydrogen-bond acceptors (Lipinski definition) is 11. The third kappa shape index (κ3) is 8.57. The Morgan fingerprint density at radius 2 is 1.42 bits per heavy atom. The molecule has 0 unspecified atom stereocenters. The number of anilines is 2. The van der Waals surface area contributed by atoms with Crippen LogP contribution < -0.4 is 16.4 Å². The van der Waals surface area contributed by atoms with E-state index in [1.54, 1.807) is 12.1 Å². The molecule has 0 bridgehead atoms. The van der Waals surface area contributed by atoms with Crippen molar-refractivity contribution in [2.24, 2.45) is 0 Å². The first kappa shape index (κ1) is 29.7. The topological polar surface area (TPSA) is 165 Å². The van der Waals surface area contributed by atoms with E-state index in [0.717, 1.165) is 20.8 Å². The Bertz CT molecular complexity index is 1020. The highest BCUT2D eigenvalue weighted by atomic mass is 79.9. The summed E-state index contributed by atoms with van der Waals surface area (Å²) in [6.07, 6.45) is -6.18. The van der Waals surface area contributed by atoms with Gasteiger partial charge in [0.15, 0.2) is 29.7 Å². The first-order valence-corrected chi connectivity index (χ1v) is 12.4. The lowest BCUT2D eigenvalue weighted by atomic mass is 9.97. The normalized spacial score (nSPS) is 23.1. The molecule has 1 heterocycles. The Balaban J connectivity index is 2.38. The smallest absolute Gasteiger partial charge is 0.303 e. The van der Waals surface area contributed by atoms with Crippen molar-refractivity contribution in [1.29, 1.82) is 0 Å². The third-order valence-electron chi connectivity index (χ3n) is 4.60. The fourth-order valence-corrected chi connectivity index (χ4v) is 4.72. The summed E-state index contributed by atoms with van der Waals surface area (Å²) in [4.78, 5) is 47.0. The molecule has 1 aromatic rings. The molecule has 0 amide bonds. The average molecular weight is 655 g/mol. The van der Waals surface area contributed by atoms with Gasteiger partial charge in [-0.3, -0.25) is 19.2 Å². The second-order valence-corrected chi connectivity index (χ2v) is 9.69. The van der Waals surface area contributed by atoms with Gasteiger partial charge in [-0.15, -0.1) is 0 Å². The predicted octanol–water partition coefficient (Wildman–Crippen LogP) is 2.16. The molecule has 0 saturated carbocycles. The van der Waals surface area contributed by atoms with Crippen molar-refractivity contribution in [3.63, 3.8) is 0 Å². The number of carbonyl (C=O) groups is 4. The molecule has 1 aliphatic heterocycles. The molecule has 1 saturated heterocycles. The summed E-state index contributed by atoms with van der Waals surface area (Å²) in [6, 6.07) is 3.36. The highest BCUT2D eigenvalue weighted by Crippen LogP contribution is 2.32. The summed E-state index contributed by atoms with van der Waals surface area (Å²) in [5, 5.41) is 5.84. The van der Waals surface area contributed by atoms with Crippen LogP contribution in [0.1, 0.15) is 27.7 Å². The second kappa shape index (κ2) is 13.2. The van der Waals surface area contributed by atoms with Crippen molar-refractivity contribution < 1.29 is 42.9 Å². The minimum atomic E-state index is -1.32. The quantitative estimate of drug-likeness (QED) is 0.170. The molecule has 12 nitrogen and oxygen atoms in total. The average Bonchev–Trinajstić information content (AvgIpc) is 2.73. The van der Waals surface area contributed by atoms with Crippen LogP contribution in [0.4, 0.5) is 11.4 Å². The molecular weight excluding hydrogens is 630 g/mol. The molecular formula is C21H25Br2N3O9S. The molecule has 15 heteroatoms. The van der Waals surface area contributed by atoms with E-state index in [-0.39, 0.29) is 11.7 Å². The van der Waals surface area contributed by atoms with E-state index in [4.69, 9.17) is 41.6 Å². The summed E-state index contributed by atoms with van der Waals surface area (Å²) >= 11 is 12.1. The number of benzene rings is 1. The SMILES string of the molecule is CC(=O)OC[C@@H]1O[C@@H](NC(=S)Nc2cc(Br)c(N)c(Br)c2)[C@H](OC(C)=O)[C@H](OC(C)=O)[C@@H]1OC(C)=O. The number of nitrogens with one attached hydrogen (secondary N) is 2. The number of nitrogens with two attached hydrogens (primary N) is 1. The number of hydrogen-bond donors (Lipinski definition) is 3. The van der Waals surface area contributed by atoms with Crippen molar-refractivity contribution in [3.8, 4) is 0 Å². The standard InChI is InChI=1S/C21H25Br2N3O9S/c1-8(27)31-7-15-17(32-9(2)28)18(33-10(3)29)19(34-11(4)30)20(35-15)26-21(36)25-12-5-13(22)16(24)14(23)6-12/h5-6,15,17-20H,7,24H2,1-4H3,(H2,25,26,36)/t15-,17+,18+,19+,20+/m0/s1. The maximum atomic E-state index is 11.9. The molecule has 0 spiro atoms. The number of thiocarbonyl (C=S) groups is 1. The van der Waals surface area contributed by atoms with Gasteiger partial charge in [0, 0.05) is 42.3 Å². The van der Waals surface area contributed by atoms with Crippen LogP contribution in [0.15, 0.2) is 21.1 Å². The number of esters is 4. The van der Waals surface area contributed by atoms with Crippen molar-refractivity contribution in [2.75, 3.05) is 17.7 Å². The highest BCUT2D eigenvalue weighted by Gasteiger charge is 2.52. The number of carbonyl (C=O) groups excluding carboxylic acids is 4. The summed E-state index contributed by atoms with van der Waals surface area (Å²) in [6.45, 7) is 4.26. The van der Waals surface area contributed by atoms with Crippen LogP contribution in [0, 0.1) is 0 Å². The van der Waals surface area contributed by atoms with Gasteiger partial charge < -0.3 is 40.1 Å². The van der Waals surface area contributed by atoms with Crippen molar-refractivity contribution in [1.82, 2.24) is 5.32 Å². The lowest BCUT2D eigenvalue weighted by Gasteiger charge is -2.44. The van der Waals surface area contributed by atoms with Crippen molar-refractivity contribution in [3.05, 3.63) is 21.1 Å². The summed E-state index contributed by atoms with van der Waals surface area (Å²) in [5.74, 6) is -2.80. The maximum absolute atomic E-state index is 11.9. The Morgan fingerprint density at radius 1 is 0.917 bits per heavy atom. The fourth-order valence-electron chi connectivity index (χ4n) is 3.30. The van der Waals surface area contributed by atoms with E-state index in [2.05, 4.69) is 42.5 Å². The van der Waals surface area contributed by atoms with Gasteiger partial charge in [0.25, 0.3) is 0 Å². The van der Waals surface area contributed by atoms with Gasteiger partial charge in [-0.1, -0.05) is 0 Å². The van der Waals surface area contributed by atoms with Crippen LogP contribution in [0.5, 0.6) is 0 Å². The molecule has 198 valence electrons. The lowest BCUT2D eigenvalue weighted by Crippen LogP contribution is -2.66. The maximum Gasteiger partial charge on any atom is 0.303 e. The Kier molecular flexibility index (Phi) is 10.9. The summed E-state index contributed by atoms with van der Waals surface area (Å²) < 4.78 is 28.3. The molecule has 5 atom stereocenters. The van der Waals surface area contributed by atoms with Gasteiger partial charge in [-0.2, -0.15) is 0 Å². The number of rotatable bonds is 7. The Morgan fingerprint density at radius 3 is 1.92 bits per heavy atom. The predicted molar refractivity (Wildman–Crippen MR) is 138 cm³/mol. The van der Waals surface area contributed by atoms with Crippen LogP contribution in [0.3, 0.4) is 0 Å². The summed E-state index contributed by atoms with van der Waals surface area (Å²) in [7, 11) is 0. The minimum Gasteiger partial charge on any atom is -0.463 e. The largest absolute Gasteiger partial charge is 0.463 e. The van der Waals surface area contributed by atoms with E-state index in [1.165, 1.54) is 6.92 Å². The van der Waals surface area contributed by atoms with Crippen LogP contribution in [-0.4, -0.2) is 66.2 Å². The zero-order valence-electron chi connectivity index (χ0n) is 19.7. The molecule has 2 rings (SSSR count). The van der Waals surface area contributed by atoms with Crippen molar-refractivity contribution in [2.45, 2.75) is 58.3 Å². The second-order valence-electron chi connectivity index (χ2n) is 7.57. The number of nitrogen functional groups attached to an aromatic ring is 1. The number of ether oxygens (including phenoxy) is 5. The van der Waals surface area contributed by atoms with Gasteiger partial charge in [-0.25, -0.2) is 0 Å². The van der Waals surface area contributed by atoms with E-state index in [0.29, 0.717) is 20.3 Å². The van der Waals surface area contributed by atoms with Crippen LogP contribution in [0.25, 0.3) is 0 Å². The first-order valence-electron chi connectivity index (χ1n) is 10.4. The van der Waals surface area contributed by atoms with E-state index in [9.17, 15) is 19.2 Å². The molecule has 0 aliphatic carbocycles. The van der Waals surface area contributed by atoms with Crippen LogP contribution in [0.2, 0.25) is 0 Å². The van der Waals surface area contributed by atoms with Gasteiger partial charge in [-0.05, 0) is 56.2 Å².